The smallest absolute Gasteiger partial charge is 0.172 e. The Labute approximate surface area is 84.3 Å². The van der Waals surface area contributed by atoms with E-state index in [9.17, 15) is 8.78 Å². The van der Waals surface area contributed by atoms with Crippen molar-refractivity contribution < 1.29 is 57.7 Å². The molecule has 0 amide bonds. The summed E-state index contributed by atoms with van der Waals surface area (Å²) in [4.78, 5) is -3.56. The molecule has 0 saturated carbocycles. The minimum atomic E-state index is -3.56. The molecule has 0 radical (unpaired) electrons. The molecule has 40 valence electrons. The van der Waals surface area contributed by atoms with Crippen LogP contribution in [0.15, 0.2) is 0 Å². The fourth-order valence-electron chi connectivity index (χ4n) is 0. The van der Waals surface area contributed by atoms with E-state index in [1.807, 2.05) is 0 Å². The van der Waals surface area contributed by atoms with Crippen molar-refractivity contribution in [1.29, 1.82) is 0 Å². The third-order valence-electron chi connectivity index (χ3n) is 0. The van der Waals surface area contributed by atoms with E-state index in [2.05, 4.69) is 23.2 Å². The molecular weight excluding hydrogens is 252 g/mol. The first-order chi connectivity index (χ1) is 2.00. The Morgan fingerprint density at radius 3 is 1.17 bits per heavy atom. The van der Waals surface area contributed by atoms with Gasteiger partial charge in [-0.2, -0.15) is 8.78 Å². The summed E-state index contributed by atoms with van der Waals surface area (Å²) in [5.74, 6) is 0. The van der Waals surface area contributed by atoms with Gasteiger partial charge in [-0.3, -0.25) is 0 Å². The van der Waals surface area contributed by atoms with Gasteiger partial charge in [0.25, 0.3) is 0 Å². The molecule has 0 aromatic rings. The van der Waals surface area contributed by atoms with Crippen LogP contribution in [0.3, 0.4) is 0 Å². The Kier molecular flexibility index (Phi) is 7.17. The summed E-state index contributed by atoms with van der Waals surface area (Å²) in [5, 5.41) is 0. The van der Waals surface area contributed by atoms with Gasteiger partial charge in [-0.15, -0.1) is 0 Å². The molecule has 0 aliphatic rings. The van der Waals surface area contributed by atoms with Crippen molar-refractivity contribution in [3.8, 4) is 0 Å². The van der Waals surface area contributed by atoms with Crippen molar-refractivity contribution in [3.05, 3.63) is 0 Å². The molecule has 0 aromatic carbocycles. The first-order valence-corrected chi connectivity index (χ1v) is 1.51. The molecule has 0 fully saturated rings. The van der Waals surface area contributed by atoms with Crippen LogP contribution in [0.2, 0.25) is 0 Å². The van der Waals surface area contributed by atoms with Crippen LogP contribution in [0.4, 0.5) is 8.78 Å². The molecule has 0 spiro atoms. The van der Waals surface area contributed by atoms with Gasteiger partial charge in [0, 0.05) is 48.9 Å². The molecule has 5 heteroatoms. The summed E-state index contributed by atoms with van der Waals surface area (Å²) in [6.45, 7) is 0. The zero-order chi connectivity index (χ0) is 4.50. The molecule has 0 heterocycles. The number of halogens is 4. The fourth-order valence-corrected chi connectivity index (χ4v) is 0. The molecule has 6 heavy (non-hydrogen) atoms. The summed E-state index contributed by atoms with van der Waals surface area (Å²) in [7, 11) is 0. The quantitative estimate of drug-likeness (QED) is 0.579. The first kappa shape index (κ1) is 10.9. The maximum absolute atomic E-state index is 10.6. The number of hydrogen-bond acceptors (Lipinski definition) is 0. The Hall–Kier alpha value is 2.01. The van der Waals surface area contributed by atoms with Gasteiger partial charge in [0.1, 0.15) is 0 Å². The van der Waals surface area contributed by atoms with Crippen molar-refractivity contribution in [2.45, 2.75) is 4.84 Å². The third-order valence-corrected chi connectivity index (χ3v) is 0. The minimum absolute atomic E-state index is 0. The topological polar surface area (TPSA) is 0 Å². The van der Waals surface area contributed by atoms with Gasteiger partial charge in [-0.05, 0) is 23.2 Å². The summed E-state index contributed by atoms with van der Waals surface area (Å²) >= 11 is 7.92. The van der Waals surface area contributed by atoms with Crippen LogP contribution in [0, 0.1) is 48.9 Å². The Bertz CT molecular complexity index is 27.0. The standard InChI is InChI=1S/CCl2F2.Xe/c2-1(3,4)5;. The summed E-state index contributed by atoms with van der Waals surface area (Å²) in [5.41, 5.74) is 0. The van der Waals surface area contributed by atoms with Gasteiger partial charge < -0.3 is 0 Å². The van der Waals surface area contributed by atoms with E-state index >= 15 is 0 Å². The molecule has 0 nitrogen and oxygen atoms in total. The third kappa shape index (κ3) is 37.3. The average molecular weight is 252 g/mol. The Morgan fingerprint density at radius 1 is 1.17 bits per heavy atom. The van der Waals surface area contributed by atoms with Gasteiger partial charge >= 0.3 is 4.84 Å². The summed E-state index contributed by atoms with van der Waals surface area (Å²) in [6.07, 6.45) is 0. The summed E-state index contributed by atoms with van der Waals surface area (Å²) < 4.78 is 21.1. The second kappa shape index (κ2) is 3.95. The first-order valence-electron chi connectivity index (χ1n) is 0.756. The van der Waals surface area contributed by atoms with Crippen molar-refractivity contribution in [1.82, 2.24) is 0 Å². The molecule has 0 N–H and O–H groups in total. The van der Waals surface area contributed by atoms with Crippen LogP contribution >= 0.6 is 23.2 Å². The number of rotatable bonds is 0. The van der Waals surface area contributed by atoms with E-state index in [1.165, 1.54) is 0 Å². The fraction of sp³-hybridized carbons (Fsp3) is 1.00. The van der Waals surface area contributed by atoms with Gasteiger partial charge in [0.05, 0.1) is 0 Å². The number of hydrogen-bond donors (Lipinski definition) is 0. The van der Waals surface area contributed by atoms with E-state index in [0.29, 0.717) is 0 Å². The molecule has 0 atom stereocenters. The second-order valence-electron chi connectivity index (χ2n) is 0.429. The number of alkyl halides is 4. The van der Waals surface area contributed by atoms with E-state index < -0.39 is 4.84 Å². The van der Waals surface area contributed by atoms with Crippen molar-refractivity contribution in [2.24, 2.45) is 0 Å². The van der Waals surface area contributed by atoms with Gasteiger partial charge in [0.15, 0.2) is 0 Å². The predicted molar refractivity (Wildman–Crippen MR) is 16.7 cm³/mol. The zero-order valence-electron chi connectivity index (χ0n) is 2.37. The van der Waals surface area contributed by atoms with E-state index in [0.717, 1.165) is 0 Å². The van der Waals surface area contributed by atoms with E-state index in [4.69, 9.17) is 0 Å². The molecule has 0 rings (SSSR count). The molecule has 0 aliphatic heterocycles. The van der Waals surface area contributed by atoms with Crippen LogP contribution in [-0.2, 0) is 0 Å². The summed E-state index contributed by atoms with van der Waals surface area (Å²) in [6, 6.07) is 0. The van der Waals surface area contributed by atoms with Crippen LogP contribution in [0.25, 0.3) is 0 Å². The van der Waals surface area contributed by atoms with Crippen molar-refractivity contribution in [2.75, 3.05) is 0 Å². The average Bonchev–Trinajstić information content (AvgIpc) is 0.722. The Morgan fingerprint density at radius 2 is 1.17 bits per heavy atom. The van der Waals surface area contributed by atoms with Gasteiger partial charge in [-0.1, -0.05) is 0 Å². The minimum Gasteiger partial charge on any atom is -0.172 e. The molecular formula is CCl2F2Xe. The molecule has 0 unspecified atom stereocenters. The molecule has 0 bridgehead atoms. The van der Waals surface area contributed by atoms with Gasteiger partial charge in [0.2, 0.25) is 0 Å². The van der Waals surface area contributed by atoms with Crippen LogP contribution in [-0.4, -0.2) is 4.84 Å². The van der Waals surface area contributed by atoms with Gasteiger partial charge in [-0.25, -0.2) is 0 Å². The van der Waals surface area contributed by atoms with Crippen LogP contribution in [0.5, 0.6) is 0 Å². The normalized spacial score (nSPS) is 10.0. The van der Waals surface area contributed by atoms with Crippen LogP contribution in [0.1, 0.15) is 0 Å². The maximum atomic E-state index is 10.6. The maximum Gasteiger partial charge on any atom is 0.401 e. The largest absolute Gasteiger partial charge is 0.401 e. The second-order valence-corrected chi connectivity index (χ2v) is 1.57. The molecule has 0 aromatic heterocycles. The zero-order valence-corrected chi connectivity index (χ0v) is 5.90. The van der Waals surface area contributed by atoms with E-state index in [1.54, 1.807) is 0 Å². The van der Waals surface area contributed by atoms with Crippen molar-refractivity contribution >= 4 is 23.2 Å². The molecule has 0 saturated heterocycles. The monoisotopic (exact) mass is 252 g/mol. The predicted octanol–water partition coefficient (Wildman–Crippen LogP) is 2.01. The molecule has 0 aliphatic carbocycles. The van der Waals surface area contributed by atoms with E-state index in [-0.39, 0.29) is 48.9 Å². The van der Waals surface area contributed by atoms with Crippen molar-refractivity contribution in [3.63, 3.8) is 0 Å². The SMILES string of the molecule is FC(F)(Cl)Cl.[Xe]. The Balaban J connectivity index is 0. The van der Waals surface area contributed by atoms with Crippen LogP contribution < -0.4 is 0 Å².